The molecule has 1 unspecified atom stereocenters. The second-order valence-corrected chi connectivity index (χ2v) is 6.67. The smallest absolute Gasteiger partial charge is 0.317 e. The summed E-state index contributed by atoms with van der Waals surface area (Å²) in [7, 11) is 1.66. The molecule has 0 radical (unpaired) electrons. The quantitative estimate of drug-likeness (QED) is 0.858. The van der Waals surface area contributed by atoms with Crippen LogP contribution in [0, 0.1) is 0 Å². The predicted molar refractivity (Wildman–Crippen MR) is 100 cm³/mol. The van der Waals surface area contributed by atoms with Crippen LogP contribution in [0.4, 0.5) is 4.79 Å². The van der Waals surface area contributed by atoms with E-state index < -0.39 is 0 Å². The van der Waals surface area contributed by atoms with Crippen molar-refractivity contribution in [3.05, 3.63) is 64.7 Å². The van der Waals surface area contributed by atoms with Gasteiger partial charge in [-0.25, -0.2) is 4.79 Å². The number of nitrogens with one attached hydrogen (secondary N) is 1. The molecular formula is C20H23ClN2O2. The van der Waals surface area contributed by atoms with E-state index in [0.717, 1.165) is 47.7 Å². The zero-order valence-corrected chi connectivity index (χ0v) is 15.1. The maximum absolute atomic E-state index is 12.6. The molecule has 1 fully saturated rings. The molecule has 3 rings (SSSR count). The fourth-order valence-electron chi connectivity index (χ4n) is 3.27. The molecule has 0 spiro atoms. The van der Waals surface area contributed by atoms with Crippen LogP contribution in [0.5, 0.6) is 5.75 Å². The minimum Gasteiger partial charge on any atom is -0.497 e. The molecule has 0 aliphatic carbocycles. The molecule has 1 aliphatic heterocycles. The van der Waals surface area contributed by atoms with Crippen molar-refractivity contribution < 1.29 is 9.53 Å². The number of halogens is 1. The molecule has 5 heteroatoms. The molecule has 0 saturated carbocycles. The van der Waals surface area contributed by atoms with Gasteiger partial charge in [-0.15, -0.1) is 0 Å². The molecular weight excluding hydrogens is 336 g/mol. The van der Waals surface area contributed by atoms with Crippen LogP contribution in [0.15, 0.2) is 48.5 Å². The highest BCUT2D eigenvalue weighted by Gasteiger charge is 2.29. The van der Waals surface area contributed by atoms with Crippen molar-refractivity contribution in [2.24, 2.45) is 0 Å². The van der Waals surface area contributed by atoms with Gasteiger partial charge in [-0.3, -0.25) is 0 Å². The number of rotatable bonds is 5. The highest BCUT2D eigenvalue weighted by Crippen LogP contribution is 2.33. The van der Waals surface area contributed by atoms with Crippen molar-refractivity contribution in [1.29, 1.82) is 0 Å². The van der Waals surface area contributed by atoms with Crippen molar-refractivity contribution >= 4 is 17.6 Å². The summed E-state index contributed by atoms with van der Waals surface area (Å²) in [4.78, 5) is 14.5. The van der Waals surface area contributed by atoms with Gasteiger partial charge in [0.15, 0.2) is 0 Å². The van der Waals surface area contributed by atoms with Crippen LogP contribution in [0.3, 0.4) is 0 Å². The maximum atomic E-state index is 12.6. The minimum absolute atomic E-state index is 0.000663. The van der Waals surface area contributed by atoms with Gasteiger partial charge in [-0.05, 0) is 54.7 Å². The highest BCUT2D eigenvalue weighted by atomic mass is 35.5. The number of amides is 2. The lowest BCUT2D eigenvalue weighted by molar-refractivity contribution is 0.193. The molecule has 1 N–H and O–H groups in total. The van der Waals surface area contributed by atoms with Crippen molar-refractivity contribution in [2.75, 3.05) is 20.2 Å². The zero-order chi connectivity index (χ0) is 17.6. The summed E-state index contributed by atoms with van der Waals surface area (Å²) < 4.78 is 5.30. The molecule has 2 aromatic carbocycles. The number of nitrogens with zero attached hydrogens (tertiary/aromatic N) is 1. The van der Waals surface area contributed by atoms with Crippen molar-refractivity contribution in [1.82, 2.24) is 10.2 Å². The summed E-state index contributed by atoms with van der Waals surface area (Å²) in [6.45, 7) is 1.40. The fourth-order valence-corrected chi connectivity index (χ4v) is 3.40. The van der Waals surface area contributed by atoms with E-state index >= 15 is 0 Å². The molecule has 1 atom stereocenters. The number of hydrogen-bond donors (Lipinski definition) is 1. The van der Waals surface area contributed by atoms with Gasteiger partial charge in [-0.1, -0.05) is 35.9 Å². The third-order valence-corrected chi connectivity index (χ3v) is 4.85. The number of carbonyl (C=O) groups excluding carboxylic acids is 1. The van der Waals surface area contributed by atoms with E-state index in [1.165, 1.54) is 0 Å². The van der Waals surface area contributed by atoms with Crippen LogP contribution in [0.2, 0.25) is 5.02 Å². The Kier molecular flexibility index (Phi) is 5.82. The lowest BCUT2D eigenvalue weighted by Crippen LogP contribution is -2.40. The number of hydrogen-bond acceptors (Lipinski definition) is 2. The van der Waals surface area contributed by atoms with Gasteiger partial charge in [0.05, 0.1) is 13.2 Å². The molecule has 2 amide bonds. The lowest BCUT2D eigenvalue weighted by Gasteiger charge is -2.25. The molecule has 1 saturated heterocycles. The highest BCUT2D eigenvalue weighted by molar-refractivity contribution is 6.30. The first-order chi connectivity index (χ1) is 12.2. The van der Waals surface area contributed by atoms with Gasteiger partial charge >= 0.3 is 6.03 Å². The van der Waals surface area contributed by atoms with Crippen LogP contribution >= 0.6 is 11.6 Å². The first-order valence-electron chi connectivity index (χ1n) is 8.60. The fraction of sp³-hybridized carbons (Fsp3) is 0.350. The number of ether oxygens (including phenoxy) is 1. The third kappa shape index (κ3) is 4.45. The lowest BCUT2D eigenvalue weighted by atomic mass is 10.0. The summed E-state index contributed by atoms with van der Waals surface area (Å²) in [5.41, 5.74) is 2.29. The van der Waals surface area contributed by atoms with E-state index in [1.807, 2.05) is 47.4 Å². The Labute approximate surface area is 153 Å². The summed E-state index contributed by atoms with van der Waals surface area (Å²) >= 11 is 5.89. The second-order valence-electron chi connectivity index (χ2n) is 6.24. The Morgan fingerprint density at radius 3 is 2.84 bits per heavy atom. The maximum Gasteiger partial charge on any atom is 0.317 e. The first kappa shape index (κ1) is 17.6. The number of urea groups is 1. The monoisotopic (exact) mass is 358 g/mol. The van der Waals surface area contributed by atoms with Crippen molar-refractivity contribution in [2.45, 2.75) is 25.3 Å². The summed E-state index contributed by atoms with van der Waals surface area (Å²) in [6, 6.07) is 15.8. The summed E-state index contributed by atoms with van der Waals surface area (Å²) in [5, 5.41) is 3.77. The Morgan fingerprint density at radius 2 is 2.08 bits per heavy atom. The largest absolute Gasteiger partial charge is 0.497 e. The molecule has 1 aliphatic rings. The number of methoxy groups -OCH3 is 1. The zero-order valence-electron chi connectivity index (χ0n) is 14.4. The van der Waals surface area contributed by atoms with Crippen LogP contribution in [0.1, 0.15) is 30.0 Å². The summed E-state index contributed by atoms with van der Waals surface area (Å²) in [6.07, 6.45) is 2.80. The van der Waals surface area contributed by atoms with E-state index in [0.29, 0.717) is 6.54 Å². The number of likely N-dealkylation sites (tertiary alicyclic amines) is 1. The van der Waals surface area contributed by atoms with Gasteiger partial charge < -0.3 is 15.0 Å². The Morgan fingerprint density at radius 1 is 1.28 bits per heavy atom. The molecule has 4 nitrogen and oxygen atoms in total. The van der Waals surface area contributed by atoms with Crippen LogP contribution < -0.4 is 10.1 Å². The average molecular weight is 359 g/mol. The third-order valence-electron chi connectivity index (χ3n) is 4.60. The number of carbonyl (C=O) groups is 1. The predicted octanol–water partition coefficient (Wildman–Crippen LogP) is 4.44. The number of benzene rings is 2. The molecule has 0 bridgehead atoms. The van der Waals surface area contributed by atoms with Gasteiger partial charge in [0, 0.05) is 18.1 Å². The van der Waals surface area contributed by atoms with E-state index in [-0.39, 0.29) is 12.1 Å². The van der Waals surface area contributed by atoms with Gasteiger partial charge in [-0.2, -0.15) is 0 Å². The Bertz CT molecular complexity index is 718. The van der Waals surface area contributed by atoms with Crippen LogP contribution in [-0.2, 0) is 6.42 Å². The SMILES string of the molecule is COc1cccc(C2CCCN2C(=O)NCCc2ccc(Cl)cc2)c1. The van der Waals surface area contributed by atoms with E-state index in [4.69, 9.17) is 16.3 Å². The standard InChI is InChI=1S/C20H23ClN2O2/c1-25-18-5-2-4-16(14-18)19-6-3-13-23(19)20(24)22-12-11-15-7-9-17(21)10-8-15/h2,4-5,7-10,14,19H,3,6,11-13H2,1H3,(H,22,24). The van der Waals surface area contributed by atoms with Gasteiger partial charge in [0.25, 0.3) is 0 Å². The Hall–Kier alpha value is -2.20. The summed E-state index contributed by atoms with van der Waals surface area (Å²) in [5.74, 6) is 0.826. The van der Waals surface area contributed by atoms with Crippen molar-refractivity contribution in [3.8, 4) is 5.75 Å². The average Bonchev–Trinajstić information content (AvgIpc) is 3.13. The molecule has 132 valence electrons. The molecule has 0 aromatic heterocycles. The minimum atomic E-state index is -0.000663. The van der Waals surface area contributed by atoms with Crippen LogP contribution in [-0.4, -0.2) is 31.1 Å². The molecule has 25 heavy (non-hydrogen) atoms. The topological polar surface area (TPSA) is 41.6 Å². The Balaban J connectivity index is 1.57. The van der Waals surface area contributed by atoms with E-state index in [2.05, 4.69) is 11.4 Å². The van der Waals surface area contributed by atoms with Gasteiger partial charge in [0.2, 0.25) is 0 Å². The van der Waals surface area contributed by atoms with E-state index in [1.54, 1.807) is 7.11 Å². The van der Waals surface area contributed by atoms with Crippen molar-refractivity contribution in [3.63, 3.8) is 0 Å². The normalized spacial score (nSPS) is 16.7. The van der Waals surface area contributed by atoms with Gasteiger partial charge in [0.1, 0.15) is 5.75 Å². The second kappa shape index (κ2) is 8.26. The van der Waals surface area contributed by atoms with Crippen LogP contribution in [0.25, 0.3) is 0 Å². The van der Waals surface area contributed by atoms with E-state index in [9.17, 15) is 4.79 Å². The first-order valence-corrected chi connectivity index (χ1v) is 8.98. The molecule has 1 heterocycles. The molecule has 2 aromatic rings.